The van der Waals surface area contributed by atoms with Gasteiger partial charge >= 0.3 is 24.1 Å². The molecule has 1 aliphatic heterocycles. The third kappa shape index (κ3) is 1.74. The van der Waals surface area contributed by atoms with Gasteiger partial charge in [-0.2, -0.15) is 26.3 Å². The van der Waals surface area contributed by atoms with Crippen molar-refractivity contribution in [3.63, 3.8) is 0 Å². The zero-order valence-electron chi connectivity index (χ0n) is 7.02. The van der Waals surface area contributed by atoms with Gasteiger partial charge < -0.3 is 14.6 Å². The number of halogens is 6. The second-order valence-electron chi connectivity index (χ2n) is 2.62. The quantitative estimate of drug-likeness (QED) is 0.722. The van der Waals surface area contributed by atoms with Crippen LogP contribution < -0.4 is 0 Å². The molecule has 0 aliphatic carbocycles. The Morgan fingerprint density at radius 1 is 1.25 bits per heavy atom. The Morgan fingerprint density at radius 3 is 1.94 bits per heavy atom. The van der Waals surface area contributed by atoms with Crippen LogP contribution in [0.2, 0.25) is 0 Å². The van der Waals surface area contributed by atoms with E-state index in [0.717, 1.165) is 0 Å². The molecule has 0 aromatic rings. The highest BCUT2D eigenvalue weighted by molar-refractivity contribution is 5.77. The summed E-state index contributed by atoms with van der Waals surface area (Å²) in [6.07, 6.45) is -11.3. The average molecular weight is 252 g/mol. The number of alkyl halides is 6. The van der Waals surface area contributed by atoms with Crippen LogP contribution in [0.3, 0.4) is 0 Å². The monoisotopic (exact) mass is 252 g/mol. The molecule has 10 heteroatoms. The molecule has 0 radical (unpaired) electrons. The van der Waals surface area contributed by atoms with Crippen LogP contribution in [-0.2, 0) is 14.3 Å². The van der Waals surface area contributed by atoms with Crippen molar-refractivity contribution < 1.29 is 45.7 Å². The zero-order chi connectivity index (χ0) is 12.8. The van der Waals surface area contributed by atoms with Gasteiger partial charge in [-0.15, -0.1) is 0 Å². The van der Waals surface area contributed by atoms with Crippen molar-refractivity contribution >= 4 is 5.97 Å². The first kappa shape index (κ1) is 12.5. The lowest BCUT2D eigenvalue weighted by Crippen LogP contribution is -2.53. The molecule has 1 atom stereocenters. The lowest BCUT2D eigenvalue weighted by Gasteiger charge is -2.25. The van der Waals surface area contributed by atoms with Crippen LogP contribution in [-0.4, -0.2) is 29.2 Å². The van der Waals surface area contributed by atoms with Crippen LogP contribution in [0.5, 0.6) is 0 Å². The number of carbonyl (C=O) groups is 1. The van der Waals surface area contributed by atoms with Gasteiger partial charge in [-0.25, -0.2) is 4.79 Å². The molecule has 1 aliphatic rings. The third-order valence-corrected chi connectivity index (χ3v) is 1.52. The Bertz CT molecular complexity index is 342. The summed E-state index contributed by atoms with van der Waals surface area (Å²) >= 11 is 0. The van der Waals surface area contributed by atoms with Crippen LogP contribution in [0.4, 0.5) is 26.3 Å². The SMILES string of the molecule is O=C(O)C1(C(F)(F)F)OC=C(C(F)(F)F)O1. The van der Waals surface area contributed by atoms with E-state index in [0.29, 0.717) is 0 Å². The second-order valence-corrected chi connectivity index (χ2v) is 2.62. The first-order chi connectivity index (χ1) is 7.01. The number of carboxylic acids is 1. The van der Waals surface area contributed by atoms with Crippen molar-refractivity contribution in [1.29, 1.82) is 0 Å². The van der Waals surface area contributed by atoms with Gasteiger partial charge in [0.2, 0.25) is 5.76 Å². The first-order valence-electron chi connectivity index (χ1n) is 3.45. The van der Waals surface area contributed by atoms with Gasteiger partial charge in [0.15, 0.2) is 0 Å². The fourth-order valence-corrected chi connectivity index (χ4v) is 0.804. The molecule has 0 bridgehead atoms. The first-order valence-corrected chi connectivity index (χ1v) is 3.45. The predicted molar refractivity (Wildman–Crippen MR) is 32.7 cm³/mol. The van der Waals surface area contributed by atoms with Gasteiger partial charge in [0, 0.05) is 0 Å². The van der Waals surface area contributed by atoms with E-state index in [2.05, 4.69) is 9.47 Å². The molecule has 0 aromatic carbocycles. The lowest BCUT2D eigenvalue weighted by molar-refractivity contribution is -0.333. The number of allylic oxidation sites excluding steroid dienone is 1. The lowest BCUT2D eigenvalue weighted by atomic mass is 10.3. The largest absolute Gasteiger partial charge is 0.480 e. The standard InChI is InChI=1S/C6H2F6O4/c7-5(8,9)2-1-15-4(16-2,3(13)14)6(10,11)12/h1H,(H,13,14). The molecule has 0 saturated carbocycles. The molecule has 1 heterocycles. The Balaban J connectivity index is 3.05. The minimum atomic E-state index is -5.65. The summed E-state index contributed by atoms with van der Waals surface area (Å²) in [5.41, 5.74) is 0. The van der Waals surface area contributed by atoms with E-state index in [-0.39, 0.29) is 0 Å². The Hall–Kier alpha value is -1.61. The maximum atomic E-state index is 12.2. The van der Waals surface area contributed by atoms with E-state index in [1.807, 2.05) is 0 Å². The fraction of sp³-hybridized carbons (Fsp3) is 0.500. The summed E-state index contributed by atoms with van der Waals surface area (Å²) in [6.45, 7) is 0. The normalized spacial score (nSPS) is 25.8. The minimum Gasteiger partial charge on any atom is -0.475 e. The van der Waals surface area contributed by atoms with Gasteiger partial charge in [-0.1, -0.05) is 0 Å². The minimum absolute atomic E-state index is 0.429. The van der Waals surface area contributed by atoms with Crippen LogP contribution in [0, 0.1) is 0 Å². The number of ether oxygens (including phenoxy) is 2. The smallest absolute Gasteiger partial charge is 0.475 e. The average Bonchev–Trinajstić information content (AvgIpc) is 2.45. The van der Waals surface area contributed by atoms with Crippen molar-refractivity contribution in [3.05, 3.63) is 12.0 Å². The molecular weight excluding hydrogens is 250 g/mol. The van der Waals surface area contributed by atoms with Crippen LogP contribution in [0.1, 0.15) is 0 Å². The Morgan fingerprint density at radius 2 is 1.75 bits per heavy atom. The van der Waals surface area contributed by atoms with Gasteiger partial charge in [-0.3, -0.25) is 0 Å². The maximum absolute atomic E-state index is 12.2. The van der Waals surface area contributed by atoms with E-state index in [9.17, 15) is 31.1 Å². The molecule has 92 valence electrons. The molecule has 0 aromatic heterocycles. The molecule has 0 amide bonds. The molecule has 0 fully saturated rings. The second kappa shape index (κ2) is 3.19. The molecule has 0 saturated heterocycles. The Labute approximate surface area is 83.0 Å². The molecule has 16 heavy (non-hydrogen) atoms. The number of carboxylic acid groups (broad SMARTS) is 1. The zero-order valence-corrected chi connectivity index (χ0v) is 7.02. The van der Waals surface area contributed by atoms with Gasteiger partial charge in [0.25, 0.3) is 0 Å². The fourth-order valence-electron chi connectivity index (χ4n) is 0.804. The van der Waals surface area contributed by atoms with Crippen LogP contribution in [0.25, 0.3) is 0 Å². The third-order valence-electron chi connectivity index (χ3n) is 1.52. The van der Waals surface area contributed by atoms with Crippen molar-refractivity contribution in [1.82, 2.24) is 0 Å². The molecule has 0 spiro atoms. The van der Waals surface area contributed by atoms with E-state index in [1.165, 1.54) is 0 Å². The van der Waals surface area contributed by atoms with Crippen molar-refractivity contribution in [2.75, 3.05) is 0 Å². The summed E-state index contributed by atoms with van der Waals surface area (Å²) in [7, 11) is 0. The Kier molecular flexibility index (Phi) is 2.48. The maximum Gasteiger partial charge on any atom is 0.480 e. The van der Waals surface area contributed by atoms with Crippen LogP contribution in [0.15, 0.2) is 12.0 Å². The summed E-state index contributed by atoms with van der Waals surface area (Å²) in [4.78, 5) is 10.3. The van der Waals surface area contributed by atoms with Crippen molar-refractivity contribution in [2.24, 2.45) is 0 Å². The number of hydrogen-bond acceptors (Lipinski definition) is 3. The van der Waals surface area contributed by atoms with Gasteiger partial charge in [-0.05, 0) is 0 Å². The molecule has 1 N–H and O–H groups in total. The number of rotatable bonds is 1. The van der Waals surface area contributed by atoms with Crippen molar-refractivity contribution in [2.45, 2.75) is 18.1 Å². The molecule has 1 unspecified atom stereocenters. The summed E-state index contributed by atoms with van der Waals surface area (Å²) in [6, 6.07) is 0. The summed E-state index contributed by atoms with van der Waals surface area (Å²) < 4.78 is 79.2. The topological polar surface area (TPSA) is 55.8 Å². The highest BCUT2D eigenvalue weighted by Crippen LogP contribution is 2.44. The van der Waals surface area contributed by atoms with Gasteiger partial charge in [0.1, 0.15) is 6.26 Å². The highest BCUT2D eigenvalue weighted by atomic mass is 19.4. The number of hydrogen-bond donors (Lipinski definition) is 1. The van der Waals surface area contributed by atoms with Crippen molar-refractivity contribution in [3.8, 4) is 0 Å². The summed E-state index contributed by atoms with van der Waals surface area (Å²) in [5.74, 6) is -9.22. The van der Waals surface area contributed by atoms with Crippen LogP contribution >= 0.6 is 0 Å². The molecule has 1 rings (SSSR count). The number of aliphatic carboxylic acids is 1. The molecule has 4 nitrogen and oxygen atoms in total. The van der Waals surface area contributed by atoms with E-state index >= 15 is 0 Å². The van der Waals surface area contributed by atoms with E-state index in [4.69, 9.17) is 5.11 Å². The van der Waals surface area contributed by atoms with E-state index < -0.39 is 36.1 Å². The molecular formula is C6H2F6O4. The summed E-state index contributed by atoms with van der Waals surface area (Å²) in [5, 5.41) is 8.21. The highest BCUT2D eigenvalue weighted by Gasteiger charge is 2.71. The van der Waals surface area contributed by atoms with E-state index in [1.54, 1.807) is 0 Å². The van der Waals surface area contributed by atoms with Gasteiger partial charge in [0.05, 0.1) is 0 Å². The predicted octanol–water partition coefficient (Wildman–Crippen LogP) is 1.78.